The second-order valence-corrected chi connectivity index (χ2v) is 3.84. The number of fused-ring (bicyclic) bond motifs is 1. The molecule has 0 N–H and O–H groups in total. The number of benzene rings is 2. The molecule has 0 bridgehead atoms. The SMILES string of the molecule is C1=Cc2ccccc2N(c2ccccc2)C=N1. The Morgan fingerprint density at radius 2 is 1.59 bits per heavy atom. The first kappa shape index (κ1) is 9.85. The Hall–Kier alpha value is -2.35. The second-order valence-electron chi connectivity index (χ2n) is 3.84. The fourth-order valence-electron chi connectivity index (χ4n) is 1.93. The van der Waals surface area contributed by atoms with Gasteiger partial charge in [0.2, 0.25) is 0 Å². The van der Waals surface area contributed by atoms with Crippen LogP contribution in [0.2, 0.25) is 0 Å². The van der Waals surface area contributed by atoms with Gasteiger partial charge in [-0.2, -0.15) is 0 Å². The molecular formula is C15H12N2. The predicted molar refractivity (Wildman–Crippen MR) is 72.5 cm³/mol. The van der Waals surface area contributed by atoms with Crippen LogP contribution >= 0.6 is 0 Å². The molecule has 2 aromatic carbocycles. The van der Waals surface area contributed by atoms with Crippen LogP contribution in [-0.4, -0.2) is 6.34 Å². The highest BCUT2D eigenvalue weighted by Crippen LogP contribution is 2.29. The van der Waals surface area contributed by atoms with Crippen molar-refractivity contribution in [2.24, 2.45) is 4.99 Å². The number of hydrogen-bond acceptors (Lipinski definition) is 2. The van der Waals surface area contributed by atoms with Gasteiger partial charge >= 0.3 is 0 Å². The van der Waals surface area contributed by atoms with E-state index in [1.807, 2.05) is 48.9 Å². The Balaban J connectivity index is 2.14. The molecule has 0 amide bonds. The molecule has 0 spiro atoms. The molecule has 2 nitrogen and oxygen atoms in total. The highest BCUT2D eigenvalue weighted by atomic mass is 15.2. The first-order valence-corrected chi connectivity index (χ1v) is 5.58. The van der Waals surface area contributed by atoms with Crippen LogP contribution in [0.15, 0.2) is 65.8 Å². The van der Waals surface area contributed by atoms with Crippen molar-refractivity contribution in [1.82, 2.24) is 0 Å². The minimum Gasteiger partial charge on any atom is -0.300 e. The summed E-state index contributed by atoms with van der Waals surface area (Å²) in [7, 11) is 0. The van der Waals surface area contributed by atoms with E-state index < -0.39 is 0 Å². The van der Waals surface area contributed by atoms with Gasteiger partial charge < -0.3 is 4.90 Å². The Bertz CT molecular complexity index is 570. The maximum Gasteiger partial charge on any atom is 0.0995 e. The Labute approximate surface area is 101 Å². The van der Waals surface area contributed by atoms with E-state index in [9.17, 15) is 0 Å². The number of nitrogens with zero attached hydrogens (tertiary/aromatic N) is 2. The third kappa shape index (κ3) is 1.85. The molecule has 0 saturated carbocycles. The van der Waals surface area contributed by atoms with E-state index in [1.165, 1.54) is 5.56 Å². The molecule has 0 saturated heterocycles. The van der Waals surface area contributed by atoms with E-state index in [1.54, 1.807) is 0 Å². The first-order chi connectivity index (χ1) is 8.45. The normalized spacial score (nSPS) is 13.3. The molecule has 0 aromatic heterocycles. The van der Waals surface area contributed by atoms with Crippen molar-refractivity contribution >= 4 is 23.8 Å². The van der Waals surface area contributed by atoms with Crippen LogP contribution in [0.5, 0.6) is 0 Å². The molecule has 82 valence electrons. The third-order valence-electron chi connectivity index (χ3n) is 2.75. The van der Waals surface area contributed by atoms with Crippen LogP contribution in [0, 0.1) is 0 Å². The maximum absolute atomic E-state index is 4.26. The molecule has 17 heavy (non-hydrogen) atoms. The Morgan fingerprint density at radius 3 is 2.47 bits per heavy atom. The van der Waals surface area contributed by atoms with Gasteiger partial charge in [0.15, 0.2) is 0 Å². The van der Waals surface area contributed by atoms with E-state index >= 15 is 0 Å². The summed E-state index contributed by atoms with van der Waals surface area (Å²) in [5, 5.41) is 0. The molecule has 0 unspecified atom stereocenters. The van der Waals surface area contributed by atoms with Crippen LogP contribution < -0.4 is 4.90 Å². The molecule has 1 heterocycles. The van der Waals surface area contributed by atoms with Crippen LogP contribution in [0.25, 0.3) is 6.08 Å². The quantitative estimate of drug-likeness (QED) is 0.713. The number of hydrogen-bond donors (Lipinski definition) is 0. The van der Waals surface area contributed by atoms with Crippen molar-refractivity contribution in [3.05, 3.63) is 66.4 Å². The number of aliphatic imine (C=N–C) groups is 1. The zero-order valence-electron chi connectivity index (χ0n) is 9.32. The lowest BCUT2D eigenvalue weighted by Crippen LogP contribution is -2.14. The van der Waals surface area contributed by atoms with Gasteiger partial charge in [-0.3, -0.25) is 0 Å². The molecule has 1 aliphatic rings. The van der Waals surface area contributed by atoms with Crippen molar-refractivity contribution in [1.29, 1.82) is 0 Å². The average Bonchev–Trinajstić information content (AvgIpc) is 2.62. The molecule has 0 fully saturated rings. The molecular weight excluding hydrogens is 208 g/mol. The molecule has 0 aliphatic carbocycles. The number of anilines is 2. The highest BCUT2D eigenvalue weighted by molar-refractivity contribution is 5.94. The molecule has 1 aliphatic heterocycles. The Kier molecular flexibility index (Phi) is 2.47. The Morgan fingerprint density at radius 1 is 0.824 bits per heavy atom. The number of para-hydroxylation sites is 2. The van der Waals surface area contributed by atoms with Gasteiger partial charge in [0.25, 0.3) is 0 Å². The van der Waals surface area contributed by atoms with Crippen molar-refractivity contribution in [3.8, 4) is 0 Å². The maximum atomic E-state index is 4.26. The lowest BCUT2D eigenvalue weighted by Gasteiger charge is -2.20. The van der Waals surface area contributed by atoms with E-state index in [4.69, 9.17) is 0 Å². The van der Waals surface area contributed by atoms with Crippen molar-refractivity contribution < 1.29 is 0 Å². The fourth-order valence-corrected chi connectivity index (χ4v) is 1.93. The van der Waals surface area contributed by atoms with E-state index in [0.29, 0.717) is 0 Å². The van der Waals surface area contributed by atoms with Crippen LogP contribution in [-0.2, 0) is 0 Å². The zero-order chi connectivity index (χ0) is 11.5. The van der Waals surface area contributed by atoms with Gasteiger partial charge in [0, 0.05) is 17.5 Å². The third-order valence-corrected chi connectivity index (χ3v) is 2.75. The molecule has 2 heteroatoms. The highest BCUT2D eigenvalue weighted by Gasteiger charge is 2.10. The van der Waals surface area contributed by atoms with E-state index in [2.05, 4.69) is 34.2 Å². The molecule has 2 aromatic rings. The summed E-state index contributed by atoms with van der Waals surface area (Å²) >= 11 is 0. The van der Waals surface area contributed by atoms with Gasteiger partial charge in [-0.15, -0.1) is 0 Å². The van der Waals surface area contributed by atoms with Crippen molar-refractivity contribution in [2.75, 3.05) is 4.90 Å². The molecule has 0 radical (unpaired) electrons. The fraction of sp³-hybridized carbons (Fsp3) is 0. The zero-order valence-corrected chi connectivity index (χ0v) is 9.32. The van der Waals surface area contributed by atoms with Crippen molar-refractivity contribution in [3.63, 3.8) is 0 Å². The smallest absolute Gasteiger partial charge is 0.0995 e. The minimum atomic E-state index is 1.12. The second kappa shape index (κ2) is 4.26. The summed E-state index contributed by atoms with van der Waals surface area (Å²) < 4.78 is 0. The monoisotopic (exact) mass is 220 g/mol. The van der Waals surface area contributed by atoms with Crippen LogP contribution in [0.1, 0.15) is 5.56 Å². The van der Waals surface area contributed by atoms with Crippen molar-refractivity contribution in [2.45, 2.75) is 0 Å². The lowest BCUT2D eigenvalue weighted by atomic mass is 10.1. The van der Waals surface area contributed by atoms with Gasteiger partial charge in [0.05, 0.1) is 12.0 Å². The van der Waals surface area contributed by atoms with Gasteiger partial charge in [-0.25, -0.2) is 4.99 Å². The summed E-state index contributed by atoms with van der Waals surface area (Å²) in [4.78, 5) is 6.36. The lowest BCUT2D eigenvalue weighted by molar-refractivity contribution is 1.36. The summed E-state index contributed by atoms with van der Waals surface area (Å²) in [6.07, 6.45) is 5.69. The van der Waals surface area contributed by atoms with E-state index in [0.717, 1.165) is 11.4 Å². The average molecular weight is 220 g/mol. The van der Waals surface area contributed by atoms with Gasteiger partial charge in [-0.1, -0.05) is 36.4 Å². The van der Waals surface area contributed by atoms with E-state index in [-0.39, 0.29) is 0 Å². The van der Waals surface area contributed by atoms with Crippen LogP contribution in [0.4, 0.5) is 11.4 Å². The van der Waals surface area contributed by atoms with Gasteiger partial charge in [0.1, 0.15) is 0 Å². The molecule has 0 atom stereocenters. The van der Waals surface area contributed by atoms with Gasteiger partial charge in [-0.05, 0) is 24.3 Å². The number of rotatable bonds is 1. The predicted octanol–water partition coefficient (Wildman–Crippen LogP) is 3.84. The largest absolute Gasteiger partial charge is 0.300 e. The summed E-state index contributed by atoms with van der Waals surface area (Å²) in [6, 6.07) is 18.5. The summed E-state index contributed by atoms with van der Waals surface area (Å²) in [6.45, 7) is 0. The summed E-state index contributed by atoms with van der Waals surface area (Å²) in [5.41, 5.74) is 3.44. The first-order valence-electron chi connectivity index (χ1n) is 5.58. The standard InChI is InChI=1S/C15H12N2/c1-2-7-14(8-3-1)17-12-16-11-10-13-6-4-5-9-15(13)17/h1-12H. The summed E-state index contributed by atoms with van der Waals surface area (Å²) in [5.74, 6) is 0. The minimum absolute atomic E-state index is 1.12. The van der Waals surface area contributed by atoms with Crippen LogP contribution in [0.3, 0.4) is 0 Å². The topological polar surface area (TPSA) is 15.6 Å². The molecule has 3 rings (SSSR count).